The molecule has 1 rings (SSSR count). The van der Waals surface area contributed by atoms with E-state index in [1.54, 1.807) is 0 Å². The van der Waals surface area contributed by atoms with Crippen LogP contribution in [0, 0.1) is 11.6 Å². The Morgan fingerprint density at radius 2 is 1.94 bits per heavy atom. The largest absolute Gasteiger partial charge is 0.387 e. The molecule has 96 valence electrons. The number of ether oxygens (including phenoxy) is 1. The van der Waals surface area contributed by atoms with E-state index in [-0.39, 0.29) is 18.7 Å². The van der Waals surface area contributed by atoms with Crippen LogP contribution in [0.3, 0.4) is 0 Å². The molecule has 0 amide bonds. The maximum atomic E-state index is 13.2. The highest BCUT2D eigenvalue weighted by Gasteiger charge is 2.17. The number of benzene rings is 1. The monoisotopic (exact) mass is 247 g/mol. The average molecular weight is 247 g/mol. The van der Waals surface area contributed by atoms with Crippen molar-refractivity contribution in [2.45, 2.75) is 6.10 Å². The first-order valence-electron chi connectivity index (χ1n) is 5.12. The lowest BCUT2D eigenvalue weighted by atomic mass is 10.1. The number of hydrogen-bond donors (Lipinski definition) is 2. The summed E-state index contributed by atoms with van der Waals surface area (Å²) in [5, 5.41) is 9.58. The van der Waals surface area contributed by atoms with Gasteiger partial charge in [-0.25, -0.2) is 8.78 Å². The summed E-state index contributed by atoms with van der Waals surface area (Å²) in [4.78, 5) is 4.87. The highest BCUT2D eigenvalue weighted by atomic mass is 19.1. The second kappa shape index (κ2) is 7.29. The summed E-state index contributed by atoms with van der Waals surface area (Å²) in [6, 6.07) is 3.42. The third-order valence-corrected chi connectivity index (χ3v) is 2.10. The summed E-state index contributed by atoms with van der Waals surface area (Å²) in [7, 11) is 1.52. The second-order valence-corrected chi connectivity index (χ2v) is 3.34. The van der Waals surface area contributed by atoms with E-state index in [2.05, 4.69) is 5.48 Å². The summed E-state index contributed by atoms with van der Waals surface area (Å²) < 4.78 is 31.2. The maximum Gasteiger partial charge on any atom is 0.131 e. The van der Waals surface area contributed by atoms with Gasteiger partial charge in [-0.15, -0.1) is 0 Å². The van der Waals surface area contributed by atoms with Gasteiger partial charge in [-0.2, -0.15) is 5.48 Å². The van der Waals surface area contributed by atoms with E-state index < -0.39 is 17.7 Å². The lowest BCUT2D eigenvalue weighted by molar-refractivity contribution is -0.0121. The molecular weight excluding hydrogens is 232 g/mol. The first-order valence-corrected chi connectivity index (χ1v) is 5.12. The Bertz CT molecular complexity index is 329. The van der Waals surface area contributed by atoms with Crippen LogP contribution in [0.15, 0.2) is 18.2 Å². The van der Waals surface area contributed by atoms with Crippen LogP contribution in [-0.2, 0) is 9.57 Å². The Hall–Kier alpha value is -1.08. The number of aliphatic hydroxyl groups excluding tert-OH is 1. The molecule has 0 aromatic heterocycles. The number of methoxy groups -OCH3 is 1. The molecule has 4 nitrogen and oxygen atoms in total. The first-order chi connectivity index (χ1) is 8.16. The number of aliphatic hydroxyl groups is 1. The average Bonchev–Trinajstić information content (AvgIpc) is 2.28. The Labute approximate surface area is 98.1 Å². The Morgan fingerprint density at radius 3 is 2.53 bits per heavy atom. The molecule has 2 N–H and O–H groups in total. The van der Waals surface area contributed by atoms with Crippen LogP contribution in [0.1, 0.15) is 11.7 Å². The fraction of sp³-hybridized carbons (Fsp3) is 0.455. The van der Waals surface area contributed by atoms with Gasteiger partial charge in [0.15, 0.2) is 0 Å². The number of halogens is 2. The van der Waals surface area contributed by atoms with Crippen molar-refractivity contribution in [3.8, 4) is 0 Å². The van der Waals surface area contributed by atoms with Crippen molar-refractivity contribution in [1.82, 2.24) is 5.48 Å². The van der Waals surface area contributed by atoms with Crippen LogP contribution in [0.25, 0.3) is 0 Å². The molecule has 0 fully saturated rings. The van der Waals surface area contributed by atoms with Crippen LogP contribution in [0.4, 0.5) is 8.78 Å². The molecule has 0 saturated carbocycles. The number of rotatable bonds is 7. The van der Waals surface area contributed by atoms with Crippen LogP contribution in [-0.4, -0.2) is 32.0 Å². The molecule has 1 atom stereocenters. The third-order valence-electron chi connectivity index (χ3n) is 2.10. The molecule has 0 aliphatic rings. The molecular formula is C11H15F2NO3. The summed E-state index contributed by atoms with van der Waals surface area (Å²) in [6.07, 6.45) is -1.31. The highest BCUT2D eigenvalue weighted by Crippen LogP contribution is 2.19. The normalized spacial score (nSPS) is 12.7. The van der Waals surface area contributed by atoms with Gasteiger partial charge in [-0.1, -0.05) is 6.07 Å². The fourth-order valence-corrected chi connectivity index (χ4v) is 1.27. The number of hydrogen-bond acceptors (Lipinski definition) is 4. The standard InChI is InChI=1S/C11H15F2NO3/c1-16-5-6-17-14-7-10(15)11-8(12)3-2-4-9(11)13/h2-4,10,14-15H,5-7H2,1H3. The van der Waals surface area contributed by atoms with Gasteiger partial charge >= 0.3 is 0 Å². The van der Waals surface area contributed by atoms with E-state index in [4.69, 9.17) is 9.57 Å². The highest BCUT2D eigenvalue weighted by molar-refractivity contribution is 5.22. The van der Waals surface area contributed by atoms with E-state index in [1.165, 1.54) is 13.2 Å². The van der Waals surface area contributed by atoms with Gasteiger partial charge in [-0.05, 0) is 12.1 Å². The van der Waals surface area contributed by atoms with Gasteiger partial charge in [0.25, 0.3) is 0 Å². The van der Waals surface area contributed by atoms with E-state index in [1.807, 2.05) is 0 Å². The smallest absolute Gasteiger partial charge is 0.131 e. The van der Waals surface area contributed by atoms with Crippen molar-refractivity contribution in [3.63, 3.8) is 0 Å². The van der Waals surface area contributed by atoms with Crippen molar-refractivity contribution < 1.29 is 23.5 Å². The lowest BCUT2D eigenvalue weighted by Crippen LogP contribution is -2.24. The summed E-state index contributed by atoms with van der Waals surface area (Å²) in [6.45, 7) is 0.557. The van der Waals surface area contributed by atoms with Crippen molar-refractivity contribution >= 4 is 0 Å². The predicted octanol–water partition coefficient (Wildman–Crippen LogP) is 1.17. The molecule has 17 heavy (non-hydrogen) atoms. The fourth-order valence-electron chi connectivity index (χ4n) is 1.27. The molecule has 1 aromatic carbocycles. The van der Waals surface area contributed by atoms with Gasteiger partial charge in [0.05, 0.1) is 31.4 Å². The zero-order valence-corrected chi connectivity index (χ0v) is 9.45. The molecule has 0 bridgehead atoms. The van der Waals surface area contributed by atoms with Gasteiger partial charge in [0.2, 0.25) is 0 Å². The quantitative estimate of drug-likeness (QED) is 0.561. The zero-order valence-electron chi connectivity index (χ0n) is 9.45. The zero-order chi connectivity index (χ0) is 12.7. The van der Waals surface area contributed by atoms with Crippen LogP contribution < -0.4 is 5.48 Å². The van der Waals surface area contributed by atoms with Gasteiger partial charge < -0.3 is 9.84 Å². The molecule has 0 aliphatic heterocycles. The summed E-state index contributed by atoms with van der Waals surface area (Å²) in [5.74, 6) is -1.56. The molecule has 0 heterocycles. The van der Waals surface area contributed by atoms with Crippen molar-refractivity contribution in [3.05, 3.63) is 35.4 Å². The predicted molar refractivity (Wildman–Crippen MR) is 57.1 cm³/mol. The SMILES string of the molecule is COCCONCC(O)c1c(F)cccc1F. The summed E-state index contributed by atoms with van der Waals surface area (Å²) in [5.41, 5.74) is 2.04. The number of hydroxylamine groups is 1. The Kier molecular flexibility index (Phi) is 5.99. The van der Waals surface area contributed by atoms with Crippen LogP contribution in [0.2, 0.25) is 0 Å². The molecule has 0 spiro atoms. The van der Waals surface area contributed by atoms with Crippen molar-refractivity contribution in [2.75, 3.05) is 26.9 Å². The lowest BCUT2D eigenvalue weighted by Gasteiger charge is -2.13. The van der Waals surface area contributed by atoms with E-state index in [9.17, 15) is 13.9 Å². The summed E-state index contributed by atoms with van der Waals surface area (Å²) >= 11 is 0. The van der Waals surface area contributed by atoms with Crippen LogP contribution in [0.5, 0.6) is 0 Å². The van der Waals surface area contributed by atoms with Gasteiger partial charge in [0.1, 0.15) is 11.6 Å². The topological polar surface area (TPSA) is 50.7 Å². The van der Waals surface area contributed by atoms with Gasteiger partial charge in [-0.3, -0.25) is 4.84 Å². The van der Waals surface area contributed by atoms with Crippen molar-refractivity contribution in [1.29, 1.82) is 0 Å². The maximum absolute atomic E-state index is 13.2. The molecule has 0 aliphatic carbocycles. The van der Waals surface area contributed by atoms with Crippen LogP contribution >= 0.6 is 0 Å². The first kappa shape index (κ1) is 14.0. The molecule has 0 saturated heterocycles. The van der Waals surface area contributed by atoms with E-state index in [0.717, 1.165) is 12.1 Å². The third kappa shape index (κ3) is 4.35. The van der Waals surface area contributed by atoms with E-state index >= 15 is 0 Å². The second-order valence-electron chi connectivity index (χ2n) is 3.34. The molecule has 0 radical (unpaired) electrons. The minimum Gasteiger partial charge on any atom is -0.387 e. The Balaban J connectivity index is 2.44. The minimum absolute atomic E-state index is 0.110. The van der Waals surface area contributed by atoms with Gasteiger partial charge in [0, 0.05) is 7.11 Å². The minimum atomic E-state index is -1.31. The molecule has 1 aromatic rings. The Morgan fingerprint density at radius 1 is 1.29 bits per heavy atom. The molecule has 6 heteroatoms. The number of nitrogens with one attached hydrogen (secondary N) is 1. The van der Waals surface area contributed by atoms with Crippen molar-refractivity contribution in [2.24, 2.45) is 0 Å². The van der Waals surface area contributed by atoms with E-state index in [0.29, 0.717) is 6.61 Å². The molecule has 1 unspecified atom stereocenters.